The summed E-state index contributed by atoms with van der Waals surface area (Å²) in [5, 5.41) is 15.1. The summed E-state index contributed by atoms with van der Waals surface area (Å²) in [5.41, 5.74) is 3.06. The van der Waals surface area contributed by atoms with Gasteiger partial charge in [0.05, 0.1) is 11.0 Å². The zero-order chi connectivity index (χ0) is 15.7. The first-order chi connectivity index (χ1) is 10.5. The van der Waals surface area contributed by atoms with Gasteiger partial charge in [0.1, 0.15) is 6.10 Å². The Kier molecular flexibility index (Phi) is 4.13. The van der Waals surface area contributed by atoms with Crippen LogP contribution in [0.3, 0.4) is 0 Å². The molecule has 2 atom stereocenters. The molecule has 1 aromatic carbocycles. The highest BCUT2D eigenvalue weighted by atomic mass is 32.1. The summed E-state index contributed by atoms with van der Waals surface area (Å²) < 4.78 is 6.03. The zero-order valence-electron chi connectivity index (χ0n) is 12.6. The lowest BCUT2D eigenvalue weighted by molar-refractivity contribution is -0.385. The van der Waals surface area contributed by atoms with Crippen molar-refractivity contribution in [2.24, 2.45) is 0 Å². The Balaban J connectivity index is 1.84. The molecule has 1 aliphatic rings. The second kappa shape index (κ2) is 6.06. The number of anilines is 1. The van der Waals surface area contributed by atoms with Crippen molar-refractivity contribution in [2.75, 3.05) is 18.0 Å². The fraction of sp³-hybridized carbons (Fsp3) is 0.375. The fourth-order valence-corrected chi connectivity index (χ4v) is 3.55. The van der Waals surface area contributed by atoms with Gasteiger partial charge < -0.3 is 9.64 Å². The number of ether oxygens (including phenoxy) is 1. The molecule has 0 bridgehead atoms. The summed E-state index contributed by atoms with van der Waals surface area (Å²) in [4.78, 5) is 12.8. The number of hydrogen-bond acceptors (Lipinski definition) is 5. The number of nitrogens with zero attached hydrogens (tertiary/aromatic N) is 2. The fourth-order valence-electron chi connectivity index (χ4n) is 2.85. The Morgan fingerprint density at radius 1 is 1.36 bits per heavy atom. The minimum absolute atomic E-state index is 0.0468. The largest absolute Gasteiger partial charge is 0.367 e. The lowest BCUT2D eigenvalue weighted by Gasteiger charge is -2.38. The van der Waals surface area contributed by atoms with Crippen LogP contribution in [0.15, 0.2) is 35.0 Å². The molecule has 0 radical (unpaired) electrons. The van der Waals surface area contributed by atoms with Gasteiger partial charge in [0.25, 0.3) is 5.69 Å². The van der Waals surface area contributed by atoms with Crippen molar-refractivity contribution in [1.82, 2.24) is 0 Å². The Hall–Kier alpha value is -1.92. The van der Waals surface area contributed by atoms with Crippen LogP contribution in [0.1, 0.15) is 24.2 Å². The van der Waals surface area contributed by atoms with Gasteiger partial charge in [0, 0.05) is 30.4 Å². The number of morpholine rings is 1. The SMILES string of the molecule is Cc1cc(N2CC(C)OC(c3ccsc3)C2)ccc1[N+](=O)[O-]. The molecule has 1 aliphatic heterocycles. The van der Waals surface area contributed by atoms with E-state index in [9.17, 15) is 10.1 Å². The first-order valence-corrected chi connectivity index (χ1v) is 8.16. The minimum atomic E-state index is -0.338. The molecule has 116 valence electrons. The Bertz CT molecular complexity index is 672. The molecule has 22 heavy (non-hydrogen) atoms. The maximum absolute atomic E-state index is 10.9. The van der Waals surface area contributed by atoms with Gasteiger partial charge in [-0.3, -0.25) is 10.1 Å². The maximum atomic E-state index is 10.9. The number of hydrogen-bond donors (Lipinski definition) is 0. The lowest BCUT2D eigenvalue weighted by Crippen LogP contribution is -2.42. The summed E-state index contributed by atoms with van der Waals surface area (Å²) in [7, 11) is 0. The molecule has 0 saturated carbocycles. The number of thiophene rings is 1. The minimum Gasteiger partial charge on any atom is -0.367 e. The second-order valence-corrected chi connectivity index (χ2v) is 6.40. The van der Waals surface area contributed by atoms with Crippen molar-refractivity contribution >= 4 is 22.7 Å². The average molecular weight is 318 g/mol. The molecule has 1 saturated heterocycles. The topological polar surface area (TPSA) is 55.6 Å². The monoisotopic (exact) mass is 318 g/mol. The predicted molar refractivity (Wildman–Crippen MR) is 87.7 cm³/mol. The summed E-state index contributed by atoms with van der Waals surface area (Å²) >= 11 is 1.67. The third-order valence-electron chi connectivity index (χ3n) is 3.92. The van der Waals surface area contributed by atoms with E-state index in [2.05, 4.69) is 28.7 Å². The summed E-state index contributed by atoms with van der Waals surface area (Å²) in [6, 6.07) is 7.39. The first kappa shape index (κ1) is 15.0. The van der Waals surface area contributed by atoms with Crippen LogP contribution in [0, 0.1) is 17.0 Å². The normalized spacial score (nSPS) is 21.8. The van der Waals surface area contributed by atoms with Crippen LogP contribution in [0.2, 0.25) is 0 Å². The van der Waals surface area contributed by atoms with E-state index in [1.807, 2.05) is 12.1 Å². The summed E-state index contributed by atoms with van der Waals surface area (Å²) in [6.45, 7) is 5.39. The number of aryl methyl sites for hydroxylation is 1. The van der Waals surface area contributed by atoms with Crippen molar-refractivity contribution < 1.29 is 9.66 Å². The van der Waals surface area contributed by atoms with Gasteiger partial charge >= 0.3 is 0 Å². The van der Waals surface area contributed by atoms with Crippen LogP contribution in [-0.4, -0.2) is 24.1 Å². The molecule has 1 aromatic heterocycles. The van der Waals surface area contributed by atoms with Gasteiger partial charge in [-0.2, -0.15) is 11.3 Å². The highest BCUT2D eigenvalue weighted by Gasteiger charge is 2.27. The molecule has 2 aromatic rings. The number of nitro groups is 1. The molecular formula is C16H18N2O3S. The summed E-state index contributed by atoms with van der Waals surface area (Å²) in [5.74, 6) is 0. The van der Waals surface area contributed by atoms with Gasteiger partial charge in [0.2, 0.25) is 0 Å². The highest BCUT2D eigenvalue weighted by molar-refractivity contribution is 7.07. The van der Waals surface area contributed by atoms with E-state index in [1.54, 1.807) is 24.3 Å². The van der Waals surface area contributed by atoms with Gasteiger partial charge in [-0.25, -0.2) is 0 Å². The molecule has 2 unspecified atom stereocenters. The third kappa shape index (κ3) is 2.98. The van der Waals surface area contributed by atoms with E-state index in [-0.39, 0.29) is 22.8 Å². The van der Waals surface area contributed by atoms with Crippen LogP contribution in [0.5, 0.6) is 0 Å². The second-order valence-electron chi connectivity index (χ2n) is 5.62. The van der Waals surface area contributed by atoms with Crippen molar-refractivity contribution in [2.45, 2.75) is 26.1 Å². The predicted octanol–water partition coefficient (Wildman–Crippen LogP) is 3.93. The van der Waals surface area contributed by atoms with E-state index in [0.717, 1.165) is 18.8 Å². The molecular weight excluding hydrogens is 300 g/mol. The summed E-state index contributed by atoms with van der Waals surface area (Å²) in [6.07, 6.45) is 0.166. The quantitative estimate of drug-likeness (QED) is 0.635. The van der Waals surface area contributed by atoms with E-state index >= 15 is 0 Å². The molecule has 0 aliphatic carbocycles. The number of benzene rings is 1. The molecule has 0 N–H and O–H groups in total. The number of nitro benzene ring substituents is 1. The maximum Gasteiger partial charge on any atom is 0.272 e. The van der Waals surface area contributed by atoms with E-state index in [0.29, 0.717) is 5.56 Å². The van der Waals surface area contributed by atoms with Crippen molar-refractivity contribution in [3.8, 4) is 0 Å². The third-order valence-corrected chi connectivity index (χ3v) is 4.62. The highest BCUT2D eigenvalue weighted by Crippen LogP contribution is 2.31. The van der Waals surface area contributed by atoms with Crippen molar-refractivity contribution in [3.05, 3.63) is 56.3 Å². The molecule has 1 fully saturated rings. The van der Waals surface area contributed by atoms with Crippen LogP contribution < -0.4 is 4.90 Å². The molecule has 0 spiro atoms. The molecule has 0 amide bonds. The first-order valence-electron chi connectivity index (χ1n) is 7.22. The van der Waals surface area contributed by atoms with Gasteiger partial charge in [-0.1, -0.05) is 0 Å². The van der Waals surface area contributed by atoms with E-state index in [4.69, 9.17) is 4.74 Å². The van der Waals surface area contributed by atoms with E-state index in [1.165, 1.54) is 5.56 Å². The molecule has 6 heteroatoms. The van der Waals surface area contributed by atoms with Gasteiger partial charge in [-0.15, -0.1) is 0 Å². The standard InChI is InChI=1S/C16H18N2O3S/c1-11-7-14(3-4-15(11)18(19)20)17-8-12(2)21-16(9-17)13-5-6-22-10-13/h3-7,10,12,16H,8-9H2,1-2H3. The Morgan fingerprint density at radius 3 is 2.82 bits per heavy atom. The van der Waals surface area contributed by atoms with Crippen LogP contribution in [0.25, 0.3) is 0 Å². The zero-order valence-corrected chi connectivity index (χ0v) is 13.4. The lowest BCUT2D eigenvalue weighted by atomic mass is 10.1. The molecule has 5 nitrogen and oxygen atoms in total. The van der Waals surface area contributed by atoms with Crippen molar-refractivity contribution in [1.29, 1.82) is 0 Å². The number of rotatable bonds is 3. The smallest absolute Gasteiger partial charge is 0.272 e. The van der Waals surface area contributed by atoms with Crippen LogP contribution in [0.4, 0.5) is 11.4 Å². The average Bonchev–Trinajstić information content (AvgIpc) is 3.00. The molecule has 3 rings (SSSR count). The van der Waals surface area contributed by atoms with Crippen molar-refractivity contribution in [3.63, 3.8) is 0 Å². The van der Waals surface area contributed by atoms with Crippen LogP contribution in [-0.2, 0) is 4.74 Å². The van der Waals surface area contributed by atoms with Crippen LogP contribution >= 0.6 is 11.3 Å². The van der Waals surface area contributed by atoms with E-state index < -0.39 is 0 Å². The van der Waals surface area contributed by atoms with Gasteiger partial charge in [-0.05, 0) is 48.4 Å². The molecule has 2 heterocycles. The Labute approximate surface area is 133 Å². The van der Waals surface area contributed by atoms with Gasteiger partial charge in [0.15, 0.2) is 0 Å². The Morgan fingerprint density at radius 2 is 2.18 bits per heavy atom.